The van der Waals surface area contributed by atoms with Gasteiger partial charge in [0.25, 0.3) is 0 Å². The van der Waals surface area contributed by atoms with Crippen molar-refractivity contribution in [3.05, 3.63) is 57.9 Å². The fourth-order valence-electron chi connectivity index (χ4n) is 1.52. The molecule has 0 saturated carbocycles. The minimum atomic E-state index is 0.471. The van der Waals surface area contributed by atoms with Gasteiger partial charge >= 0.3 is 0 Å². The molecule has 94 valence electrons. The summed E-state index contributed by atoms with van der Waals surface area (Å²) in [5.74, 6) is 0. The second-order valence-electron chi connectivity index (χ2n) is 3.77. The molecular formula is C13H14IN3O. The minimum Gasteiger partial charge on any atom is -0.371 e. The highest BCUT2D eigenvalue weighted by atomic mass is 127. The van der Waals surface area contributed by atoms with E-state index in [-0.39, 0.29) is 0 Å². The third kappa shape index (κ3) is 3.39. The zero-order chi connectivity index (χ0) is 12.8. The summed E-state index contributed by atoms with van der Waals surface area (Å²) in [6, 6.07) is 10.2. The molecule has 0 spiro atoms. The predicted molar refractivity (Wildman–Crippen MR) is 78.1 cm³/mol. The van der Waals surface area contributed by atoms with E-state index in [4.69, 9.17) is 4.74 Å². The molecule has 2 rings (SSSR count). The highest BCUT2D eigenvalue weighted by molar-refractivity contribution is 14.1. The second kappa shape index (κ2) is 6.65. The smallest absolute Gasteiger partial charge is 0.125 e. The molecule has 2 aromatic rings. The van der Waals surface area contributed by atoms with Gasteiger partial charge in [-0.05, 0) is 28.2 Å². The van der Waals surface area contributed by atoms with E-state index in [2.05, 4.69) is 51.6 Å². The van der Waals surface area contributed by atoms with Crippen LogP contribution in [-0.2, 0) is 17.9 Å². The van der Waals surface area contributed by atoms with Gasteiger partial charge in [0.05, 0.1) is 19.8 Å². The van der Waals surface area contributed by atoms with Gasteiger partial charge in [-0.1, -0.05) is 41.6 Å². The molecule has 0 amide bonds. The van der Waals surface area contributed by atoms with Crippen molar-refractivity contribution >= 4 is 22.6 Å². The van der Waals surface area contributed by atoms with Crippen LogP contribution in [0.4, 0.5) is 0 Å². The van der Waals surface area contributed by atoms with Crippen molar-refractivity contribution in [2.45, 2.75) is 13.2 Å². The van der Waals surface area contributed by atoms with Gasteiger partial charge in [-0.25, -0.2) is 4.68 Å². The Balaban J connectivity index is 2.04. The average Bonchev–Trinajstić information content (AvgIpc) is 2.73. The van der Waals surface area contributed by atoms with Crippen LogP contribution in [0.1, 0.15) is 11.3 Å². The highest BCUT2D eigenvalue weighted by Crippen LogP contribution is 2.12. The van der Waals surface area contributed by atoms with E-state index in [1.54, 1.807) is 6.08 Å². The summed E-state index contributed by atoms with van der Waals surface area (Å²) >= 11 is 2.25. The normalized spacial score (nSPS) is 10.5. The van der Waals surface area contributed by atoms with Crippen molar-refractivity contribution in [1.29, 1.82) is 0 Å². The van der Waals surface area contributed by atoms with Crippen LogP contribution in [0.2, 0.25) is 0 Å². The van der Waals surface area contributed by atoms with E-state index < -0.39 is 0 Å². The van der Waals surface area contributed by atoms with Gasteiger partial charge in [0, 0.05) is 0 Å². The van der Waals surface area contributed by atoms with Crippen molar-refractivity contribution in [1.82, 2.24) is 15.0 Å². The third-order valence-corrected chi connectivity index (χ3v) is 3.57. The molecule has 0 unspecified atom stereocenters. The Hall–Kier alpha value is -1.21. The number of benzene rings is 1. The van der Waals surface area contributed by atoms with Gasteiger partial charge < -0.3 is 4.74 Å². The molecule has 1 aromatic heterocycles. The lowest BCUT2D eigenvalue weighted by Gasteiger charge is -2.03. The summed E-state index contributed by atoms with van der Waals surface area (Å²) in [6.07, 6.45) is 1.72. The first-order valence-corrected chi connectivity index (χ1v) is 6.69. The average molecular weight is 355 g/mol. The predicted octanol–water partition coefficient (Wildman–Crippen LogP) is 2.63. The molecule has 0 aliphatic rings. The van der Waals surface area contributed by atoms with E-state index in [1.807, 2.05) is 22.9 Å². The number of hydrogen-bond donors (Lipinski definition) is 0. The quantitative estimate of drug-likeness (QED) is 0.454. The van der Waals surface area contributed by atoms with Crippen LogP contribution < -0.4 is 0 Å². The van der Waals surface area contributed by atoms with Crippen LogP contribution in [0.15, 0.2) is 43.0 Å². The Bertz CT molecular complexity index is 510. The van der Waals surface area contributed by atoms with Crippen molar-refractivity contribution < 1.29 is 4.74 Å². The van der Waals surface area contributed by atoms with E-state index in [9.17, 15) is 0 Å². The topological polar surface area (TPSA) is 39.9 Å². The molecule has 0 saturated heterocycles. The van der Waals surface area contributed by atoms with E-state index in [0.717, 1.165) is 15.9 Å². The van der Waals surface area contributed by atoms with Crippen LogP contribution >= 0.6 is 22.6 Å². The largest absolute Gasteiger partial charge is 0.371 e. The molecule has 1 heterocycles. The van der Waals surface area contributed by atoms with Gasteiger partial charge in [-0.3, -0.25) is 0 Å². The Kier molecular flexibility index (Phi) is 4.89. The SMILES string of the molecule is C=CCOCc1nnn(Cc2ccccc2)c1I. The zero-order valence-electron chi connectivity index (χ0n) is 9.92. The molecule has 0 fully saturated rings. The van der Waals surface area contributed by atoms with Gasteiger partial charge in [-0.15, -0.1) is 11.7 Å². The van der Waals surface area contributed by atoms with Crippen molar-refractivity contribution in [3.8, 4) is 0 Å². The van der Waals surface area contributed by atoms with Crippen LogP contribution in [0.25, 0.3) is 0 Å². The first-order valence-electron chi connectivity index (χ1n) is 5.61. The van der Waals surface area contributed by atoms with Gasteiger partial charge in [0.1, 0.15) is 9.39 Å². The molecule has 4 nitrogen and oxygen atoms in total. The fourth-order valence-corrected chi connectivity index (χ4v) is 2.05. The van der Waals surface area contributed by atoms with Crippen LogP contribution in [-0.4, -0.2) is 21.6 Å². The van der Waals surface area contributed by atoms with E-state index in [1.165, 1.54) is 5.56 Å². The van der Waals surface area contributed by atoms with Gasteiger partial charge in [0.15, 0.2) is 0 Å². The maximum Gasteiger partial charge on any atom is 0.125 e. The lowest BCUT2D eigenvalue weighted by molar-refractivity contribution is 0.145. The molecule has 18 heavy (non-hydrogen) atoms. The van der Waals surface area contributed by atoms with Crippen LogP contribution in [0, 0.1) is 3.70 Å². The van der Waals surface area contributed by atoms with E-state index in [0.29, 0.717) is 13.2 Å². The van der Waals surface area contributed by atoms with Crippen LogP contribution in [0.3, 0.4) is 0 Å². The van der Waals surface area contributed by atoms with Crippen molar-refractivity contribution in [3.63, 3.8) is 0 Å². The minimum absolute atomic E-state index is 0.471. The monoisotopic (exact) mass is 355 g/mol. The highest BCUT2D eigenvalue weighted by Gasteiger charge is 2.09. The number of ether oxygens (including phenoxy) is 1. The first kappa shape index (κ1) is 13.2. The summed E-state index contributed by atoms with van der Waals surface area (Å²) in [7, 11) is 0. The number of rotatable bonds is 6. The summed E-state index contributed by atoms with van der Waals surface area (Å²) < 4.78 is 8.27. The zero-order valence-corrected chi connectivity index (χ0v) is 12.1. The molecular weight excluding hydrogens is 341 g/mol. The Morgan fingerprint density at radius 2 is 2.11 bits per heavy atom. The van der Waals surface area contributed by atoms with Gasteiger partial charge in [-0.2, -0.15) is 0 Å². The number of nitrogens with zero attached hydrogens (tertiary/aromatic N) is 3. The second-order valence-corrected chi connectivity index (χ2v) is 4.80. The molecule has 1 aromatic carbocycles. The summed E-state index contributed by atoms with van der Waals surface area (Å²) in [5.41, 5.74) is 2.08. The molecule has 0 radical (unpaired) electrons. The molecule has 0 N–H and O–H groups in total. The molecule has 0 aliphatic carbocycles. The number of halogens is 1. The first-order chi connectivity index (χ1) is 8.81. The van der Waals surface area contributed by atoms with Gasteiger partial charge in [0.2, 0.25) is 0 Å². The molecule has 0 bridgehead atoms. The Labute approximate surface area is 120 Å². The number of aromatic nitrogens is 3. The summed E-state index contributed by atoms with van der Waals surface area (Å²) in [4.78, 5) is 0. The maximum atomic E-state index is 5.37. The lowest BCUT2D eigenvalue weighted by Crippen LogP contribution is -2.04. The summed E-state index contributed by atoms with van der Waals surface area (Å²) in [6.45, 7) is 5.34. The summed E-state index contributed by atoms with van der Waals surface area (Å²) in [5, 5.41) is 8.27. The fraction of sp³-hybridized carbons (Fsp3) is 0.231. The Morgan fingerprint density at radius 1 is 1.33 bits per heavy atom. The number of hydrogen-bond acceptors (Lipinski definition) is 3. The van der Waals surface area contributed by atoms with E-state index >= 15 is 0 Å². The molecule has 0 atom stereocenters. The Morgan fingerprint density at radius 3 is 2.83 bits per heavy atom. The standard InChI is InChI=1S/C13H14IN3O/c1-2-8-18-10-12-13(14)17(16-15-12)9-11-6-4-3-5-7-11/h2-7H,1,8-10H2. The maximum absolute atomic E-state index is 5.37. The molecule has 0 aliphatic heterocycles. The van der Waals surface area contributed by atoms with Crippen molar-refractivity contribution in [2.75, 3.05) is 6.61 Å². The van der Waals surface area contributed by atoms with Crippen LogP contribution in [0.5, 0.6) is 0 Å². The molecule has 5 heteroatoms. The third-order valence-electron chi connectivity index (χ3n) is 2.39. The lowest BCUT2D eigenvalue weighted by atomic mass is 10.2. The van der Waals surface area contributed by atoms with Crippen molar-refractivity contribution in [2.24, 2.45) is 0 Å².